The van der Waals surface area contributed by atoms with Crippen LogP contribution < -0.4 is 4.98 Å². The van der Waals surface area contributed by atoms with E-state index in [4.69, 9.17) is 0 Å². The molecule has 0 spiro atoms. The third kappa shape index (κ3) is 9.63. The lowest BCUT2D eigenvalue weighted by molar-refractivity contribution is -0.525. The standard InChI is InChI=1S/C5H5N.C4H9NO6S/c1-2-4-6-5-3-1;1-2-4(5(6)7)3-11-12(8,9)10/h1-5H;4H,2-3H2,1H3,(H,8,9,10). The molecule has 1 aromatic rings. The van der Waals surface area contributed by atoms with Gasteiger partial charge in [-0.1, -0.05) is 13.0 Å². The van der Waals surface area contributed by atoms with Gasteiger partial charge in [0.15, 0.2) is 12.4 Å². The van der Waals surface area contributed by atoms with E-state index in [-0.39, 0.29) is 6.42 Å². The number of rotatable bonds is 5. The molecular formula is C9H14N2O6S. The second-order valence-corrected chi connectivity index (χ2v) is 4.17. The zero-order valence-corrected chi connectivity index (χ0v) is 10.5. The first kappa shape index (κ1) is 16.4. The average molecular weight is 278 g/mol. The summed E-state index contributed by atoms with van der Waals surface area (Å²) in [6.45, 7) is 0.795. The minimum atomic E-state index is -4.82. The van der Waals surface area contributed by atoms with Crippen molar-refractivity contribution < 1.29 is 27.1 Å². The Morgan fingerprint density at radius 3 is 2.11 bits per heavy atom. The first-order valence-corrected chi connectivity index (χ1v) is 6.35. The van der Waals surface area contributed by atoms with Crippen molar-refractivity contribution in [3.8, 4) is 0 Å². The van der Waals surface area contributed by atoms with E-state index in [9.17, 15) is 23.1 Å². The smallest absolute Gasteiger partial charge is 0.237 e. The van der Waals surface area contributed by atoms with Crippen molar-refractivity contribution in [1.29, 1.82) is 0 Å². The number of hydrogen-bond donors (Lipinski definition) is 0. The number of nitrogens with one attached hydrogen (secondary N) is 1. The lowest BCUT2D eigenvalue weighted by Gasteiger charge is -2.09. The molecule has 1 atom stereocenters. The average Bonchev–Trinajstić information content (AvgIpc) is 2.31. The van der Waals surface area contributed by atoms with E-state index in [1.807, 2.05) is 30.6 Å². The summed E-state index contributed by atoms with van der Waals surface area (Å²) < 4.78 is 33.3. The maximum atomic E-state index is 10.1. The number of nitro groups is 1. The van der Waals surface area contributed by atoms with Gasteiger partial charge in [-0.15, -0.1) is 0 Å². The summed E-state index contributed by atoms with van der Waals surface area (Å²) in [5, 5.41) is 10.1. The van der Waals surface area contributed by atoms with Gasteiger partial charge in [0, 0.05) is 23.5 Å². The quantitative estimate of drug-likeness (QED) is 0.323. The van der Waals surface area contributed by atoms with Crippen LogP contribution in [0, 0.1) is 10.1 Å². The molecule has 1 unspecified atom stereocenters. The maximum Gasteiger partial charge on any atom is 0.237 e. The third-order valence-electron chi connectivity index (χ3n) is 1.78. The van der Waals surface area contributed by atoms with Crippen LogP contribution in [0.5, 0.6) is 0 Å². The van der Waals surface area contributed by atoms with Crippen LogP contribution in [0.4, 0.5) is 0 Å². The fourth-order valence-corrected chi connectivity index (χ4v) is 1.16. The molecule has 0 fully saturated rings. The van der Waals surface area contributed by atoms with E-state index in [2.05, 4.69) is 9.17 Å². The fourth-order valence-electron chi connectivity index (χ4n) is 0.832. The van der Waals surface area contributed by atoms with Gasteiger partial charge in [-0.3, -0.25) is 14.3 Å². The van der Waals surface area contributed by atoms with Crippen LogP contribution in [-0.2, 0) is 14.6 Å². The van der Waals surface area contributed by atoms with Gasteiger partial charge in [-0.05, 0) is 0 Å². The van der Waals surface area contributed by atoms with E-state index >= 15 is 0 Å². The van der Waals surface area contributed by atoms with Crippen LogP contribution in [-0.4, -0.2) is 30.5 Å². The second kappa shape index (κ2) is 8.50. The van der Waals surface area contributed by atoms with Crippen molar-refractivity contribution in [3.05, 3.63) is 40.7 Å². The Kier molecular flexibility index (Phi) is 7.76. The Morgan fingerprint density at radius 1 is 1.33 bits per heavy atom. The molecule has 1 aromatic heterocycles. The molecule has 102 valence electrons. The van der Waals surface area contributed by atoms with Crippen LogP contribution >= 0.6 is 0 Å². The fraction of sp³-hybridized carbons (Fsp3) is 0.444. The van der Waals surface area contributed by atoms with Crippen LogP contribution in [0.15, 0.2) is 30.6 Å². The van der Waals surface area contributed by atoms with Gasteiger partial charge in [0.2, 0.25) is 16.4 Å². The van der Waals surface area contributed by atoms with Gasteiger partial charge in [-0.25, -0.2) is 13.4 Å². The number of aromatic amines is 1. The molecule has 9 heteroatoms. The van der Waals surface area contributed by atoms with Gasteiger partial charge < -0.3 is 4.55 Å². The molecule has 1 rings (SSSR count). The topological polar surface area (TPSA) is 124 Å². The van der Waals surface area contributed by atoms with E-state index in [0.717, 1.165) is 0 Å². The van der Waals surface area contributed by atoms with Crippen molar-refractivity contribution in [1.82, 2.24) is 0 Å². The summed E-state index contributed by atoms with van der Waals surface area (Å²) in [6.07, 6.45) is 3.86. The lowest BCUT2D eigenvalue weighted by atomic mass is 10.3. The summed E-state index contributed by atoms with van der Waals surface area (Å²) >= 11 is 0. The maximum absolute atomic E-state index is 10.1. The van der Waals surface area contributed by atoms with Crippen molar-refractivity contribution in [2.45, 2.75) is 19.4 Å². The molecule has 0 aliphatic heterocycles. The predicted molar refractivity (Wildman–Crippen MR) is 59.7 cm³/mol. The molecule has 0 saturated heterocycles. The molecule has 0 aliphatic rings. The van der Waals surface area contributed by atoms with Gasteiger partial charge >= 0.3 is 0 Å². The van der Waals surface area contributed by atoms with Crippen LogP contribution in [0.2, 0.25) is 0 Å². The van der Waals surface area contributed by atoms with Gasteiger partial charge in [-0.2, -0.15) is 0 Å². The van der Waals surface area contributed by atoms with Crippen molar-refractivity contribution in [2.75, 3.05) is 6.61 Å². The number of H-pyrrole nitrogens is 1. The van der Waals surface area contributed by atoms with Crippen molar-refractivity contribution in [3.63, 3.8) is 0 Å². The first-order chi connectivity index (χ1) is 8.37. The number of hydrogen-bond acceptors (Lipinski definition) is 6. The Hall–Kier alpha value is -1.58. The minimum absolute atomic E-state index is 0.114. The first-order valence-electron chi connectivity index (χ1n) is 5.01. The number of aromatic nitrogens is 1. The Labute approximate surface area is 105 Å². The molecule has 0 aliphatic carbocycles. The van der Waals surface area contributed by atoms with Crippen LogP contribution in [0.3, 0.4) is 0 Å². The molecule has 18 heavy (non-hydrogen) atoms. The Bertz CT molecular complexity index is 409. The lowest BCUT2D eigenvalue weighted by Crippen LogP contribution is -2.26. The van der Waals surface area contributed by atoms with E-state index in [1.54, 1.807) is 0 Å². The van der Waals surface area contributed by atoms with Crippen molar-refractivity contribution >= 4 is 10.4 Å². The zero-order chi connectivity index (χ0) is 14.0. The minimum Gasteiger partial charge on any atom is -0.726 e. The summed E-state index contributed by atoms with van der Waals surface area (Å²) in [5.41, 5.74) is 0. The molecule has 0 radical (unpaired) electrons. The summed E-state index contributed by atoms with van der Waals surface area (Å²) in [4.78, 5) is 12.3. The molecule has 0 amide bonds. The molecule has 0 aromatic carbocycles. The van der Waals surface area contributed by atoms with Crippen molar-refractivity contribution in [2.24, 2.45) is 0 Å². The molecule has 0 bridgehead atoms. The normalized spacial score (nSPS) is 12.1. The highest BCUT2D eigenvalue weighted by Gasteiger charge is 2.18. The zero-order valence-electron chi connectivity index (χ0n) is 9.68. The Morgan fingerprint density at radius 2 is 1.89 bits per heavy atom. The van der Waals surface area contributed by atoms with Gasteiger partial charge in [0.05, 0.1) is 0 Å². The van der Waals surface area contributed by atoms with Crippen LogP contribution in [0.25, 0.3) is 0 Å². The highest BCUT2D eigenvalue weighted by molar-refractivity contribution is 7.80. The highest BCUT2D eigenvalue weighted by atomic mass is 32.3. The van der Waals surface area contributed by atoms with Gasteiger partial charge in [0.1, 0.15) is 6.61 Å². The monoisotopic (exact) mass is 278 g/mol. The molecular weight excluding hydrogens is 264 g/mol. The largest absolute Gasteiger partial charge is 0.726 e. The summed E-state index contributed by atoms with van der Waals surface area (Å²) in [6, 6.07) is 4.71. The third-order valence-corrected chi connectivity index (χ3v) is 2.21. The second-order valence-electron chi connectivity index (χ2n) is 3.12. The number of nitrogens with zero attached hydrogens (tertiary/aromatic N) is 1. The Balaban J connectivity index is 0.000000397. The van der Waals surface area contributed by atoms with E-state index in [1.165, 1.54) is 6.92 Å². The van der Waals surface area contributed by atoms with E-state index in [0.29, 0.717) is 0 Å². The molecule has 8 nitrogen and oxygen atoms in total. The van der Waals surface area contributed by atoms with Gasteiger partial charge in [0.25, 0.3) is 0 Å². The predicted octanol–water partition coefficient (Wildman–Crippen LogP) is 0.0192. The summed E-state index contributed by atoms with van der Waals surface area (Å²) in [7, 11) is -4.82. The van der Waals surface area contributed by atoms with Crippen LogP contribution in [0.1, 0.15) is 13.3 Å². The van der Waals surface area contributed by atoms with E-state index < -0.39 is 28.0 Å². The molecule has 1 heterocycles. The summed E-state index contributed by atoms with van der Waals surface area (Å²) in [5.74, 6) is 0. The molecule has 1 N–H and O–H groups in total. The SMILES string of the molecule is CCC(COS(=O)(=O)[O-])[N+](=O)[O-].c1cc[nH+]cc1. The highest BCUT2D eigenvalue weighted by Crippen LogP contribution is 1.99. The molecule has 0 saturated carbocycles. The number of pyridine rings is 1.